The van der Waals surface area contributed by atoms with Crippen LogP contribution in [0.3, 0.4) is 0 Å². The van der Waals surface area contributed by atoms with Gasteiger partial charge in [0, 0.05) is 0 Å². The lowest BCUT2D eigenvalue weighted by molar-refractivity contribution is 0.431. The number of rotatable bonds is 1. The molecule has 0 radical (unpaired) electrons. The van der Waals surface area contributed by atoms with Crippen molar-refractivity contribution in [3.63, 3.8) is 0 Å². The molecule has 0 bridgehead atoms. The van der Waals surface area contributed by atoms with Crippen LogP contribution < -0.4 is 0 Å². The number of hydrogen-bond acceptors (Lipinski definition) is 4. The van der Waals surface area contributed by atoms with Crippen LogP contribution in [0.4, 0.5) is 0 Å². The Morgan fingerprint density at radius 3 is 2.83 bits per heavy atom. The summed E-state index contributed by atoms with van der Waals surface area (Å²) in [6, 6.07) is 3.80. The van der Waals surface area contributed by atoms with Gasteiger partial charge in [-0.05, 0) is 44.8 Å². The Morgan fingerprint density at radius 1 is 1.50 bits per heavy atom. The zero-order valence-corrected chi connectivity index (χ0v) is 8.78. The Bertz CT molecular complexity index is 361. The molecule has 12 heavy (non-hydrogen) atoms. The van der Waals surface area contributed by atoms with Gasteiger partial charge in [0.25, 0.3) is 11.2 Å². The summed E-state index contributed by atoms with van der Waals surface area (Å²) >= 11 is 10.3. The van der Waals surface area contributed by atoms with Crippen LogP contribution in [-0.4, -0.2) is 10.1 Å². The minimum absolute atomic E-state index is 0.134. The predicted molar refractivity (Wildman–Crippen MR) is 50.3 cm³/mol. The average molecular weight is 266 g/mol. The predicted octanol–water partition coefficient (Wildman–Crippen LogP) is 3.21. The smallest absolute Gasteiger partial charge is 0.269 e. The van der Waals surface area contributed by atoms with Gasteiger partial charge >= 0.3 is 0 Å². The topological polar surface area (TPSA) is 38.9 Å². The zero-order valence-electron chi connectivity index (χ0n) is 5.62. The van der Waals surface area contributed by atoms with Crippen molar-refractivity contribution in [1.29, 1.82) is 0 Å². The van der Waals surface area contributed by atoms with E-state index in [0.717, 1.165) is 8.66 Å². The fourth-order valence-electron chi connectivity index (χ4n) is 0.735. The second kappa shape index (κ2) is 3.16. The second-order valence-electron chi connectivity index (χ2n) is 1.97. The summed E-state index contributed by atoms with van der Waals surface area (Å²) < 4.78 is 5.88. The van der Waals surface area contributed by atoms with Crippen molar-refractivity contribution in [2.24, 2.45) is 0 Å². The maximum Gasteiger partial charge on any atom is 0.269 e. The number of halogens is 2. The molecule has 0 aliphatic carbocycles. The largest absolute Gasteiger partial charge is 0.332 e. The standard InChI is InChI=1S/C6H2BrClN2OS/c7-4-2-1-3(12-4)5-9-6(8)10-11-5/h1-2H. The lowest BCUT2D eigenvalue weighted by atomic mass is 10.5. The van der Waals surface area contributed by atoms with Crippen LogP contribution in [0.25, 0.3) is 10.8 Å². The Kier molecular flexibility index (Phi) is 2.16. The van der Waals surface area contributed by atoms with Gasteiger partial charge in [-0.1, -0.05) is 0 Å². The quantitative estimate of drug-likeness (QED) is 0.795. The van der Waals surface area contributed by atoms with E-state index in [9.17, 15) is 0 Å². The molecule has 0 aliphatic heterocycles. The highest BCUT2D eigenvalue weighted by Gasteiger charge is 2.08. The lowest BCUT2D eigenvalue weighted by Crippen LogP contribution is -1.67. The molecule has 62 valence electrons. The highest BCUT2D eigenvalue weighted by molar-refractivity contribution is 9.11. The van der Waals surface area contributed by atoms with Gasteiger partial charge in [-0.15, -0.1) is 11.3 Å². The molecule has 0 spiro atoms. The number of nitrogens with zero attached hydrogens (tertiary/aromatic N) is 2. The molecule has 0 fully saturated rings. The molecule has 3 nitrogen and oxygen atoms in total. The van der Waals surface area contributed by atoms with E-state index >= 15 is 0 Å². The maximum atomic E-state index is 5.49. The van der Waals surface area contributed by atoms with E-state index in [0.29, 0.717) is 5.89 Å². The summed E-state index contributed by atoms with van der Waals surface area (Å²) in [4.78, 5) is 4.78. The minimum atomic E-state index is 0.134. The SMILES string of the molecule is Clc1noc(-c2ccc(Br)s2)n1. The summed E-state index contributed by atoms with van der Waals surface area (Å²) in [5, 5.41) is 3.61. The van der Waals surface area contributed by atoms with Crippen LogP contribution in [-0.2, 0) is 0 Å². The van der Waals surface area contributed by atoms with Gasteiger partial charge < -0.3 is 4.52 Å². The molecule has 0 atom stereocenters. The van der Waals surface area contributed by atoms with Gasteiger partial charge in [-0.25, -0.2) is 0 Å². The van der Waals surface area contributed by atoms with Gasteiger partial charge in [0.1, 0.15) is 0 Å². The molecule has 0 N–H and O–H groups in total. The van der Waals surface area contributed by atoms with Crippen LogP contribution in [0.15, 0.2) is 20.4 Å². The van der Waals surface area contributed by atoms with Gasteiger partial charge in [0.2, 0.25) is 0 Å². The van der Waals surface area contributed by atoms with Crippen LogP contribution >= 0.6 is 38.9 Å². The molecular weight excluding hydrogens is 264 g/mol. The molecule has 0 amide bonds. The summed E-state index contributed by atoms with van der Waals surface area (Å²) in [6.07, 6.45) is 0. The lowest BCUT2D eigenvalue weighted by Gasteiger charge is -1.81. The van der Waals surface area contributed by atoms with Crippen molar-refractivity contribution >= 4 is 38.9 Å². The van der Waals surface area contributed by atoms with Gasteiger partial charge in [-0.2, -0.15) is 4.98 Å². The second-order valence-corrected chi connectivity index (χ2v) is 4.77. The Labute approximate surface area is 85.5 Å². The van der Waals surface area contributed by atoms with E-state index < -0.39 is 0 Å². The van der Waals surface area contributed by atoms with Crippen molar-refractivity contribution in [3.05, 3.63) is 21.2 Å². The Hall–Kier alpha value is -0.390. The summed E-state index contributed by atoms with van der Waals surface area (Å²) in [6.45, 7) is 0. The van der Waals surface area contributed by atoms with E-state index in [4.69, 9.17) is 16.1 Å². The number of hydrogen-bond donors (Lipinski definition) is 0. The Morgan fingerprint density at radius 2 is 2.33 bits per heavy atom. The molecule has 0 aliphatic rings. The molecule has 2 aromatic heterocycles. The highest BCUT2D eigenvalue weighted by Crippen LogP contribution is 2.30. The van der Waals surface area contributed by atoms with Gasteiger partial charge in [0.05, 0.1) is 8.66 Å². The van der Waals surface area contributed by atoms with Crippen molar-refractivity contribution in [2.75, 3.05) is 0 Å². The fourth-order valence-corrected chi connectivity index (χ4v) is 2.15. The normalized spacial score (nSPS) is 10.5. The van der Waals surface area contributed by atoms with E-state index in [1.807, 2.05) is 12.1 Å². The first-order valence-electron chi connectivity index (χ1n) is 3.00. The molecule has 2 rings (SSSR count). The molecule has 0 saturated heterocycles. The fraction of sp³-hybridized carbons (Fsp3) is 0. The minimum Gasteiger partial charge on any atom is -0.332 e. The first kappa shape index (κ1) is 8.22. The van der Waals surface area contributed by atoms with E-state index in [2.05, 4.69) is 26.1 Å². The van der Waals surface area contributed by atoms with Crippen LogP contribution in [0.5, 0.6) is 0 Å². The summed E-state index contributed by atoms with van der Waals surface area (Å²) in [7, 11) is 0. The molecule has 2 aromatic rings. The molecule has 6 heteroatoms. The molecule has 0 aromatic carbocycles. The molecular formula is C6H2BrClN2OS. The first-order valence-corrected chi connectivity index (χ1v) is 4.99. The zero-order chi connectivity index (χ0) is 8.55. The first-order chi connectivity index (χ1) is 5.75. The molecule has 0 saturated carbocycles. The maximum absolute atomic E-state index is 5.49. The van der Waals surface area contributed by atoms with Gasteiger partial charge in [0.15, 0.2) is 0 Å². The van der Waals surface area contributed by atoms with E-state index in [-0.39, 0.29) is 5.28 Å². The summed E-state index contributed by atoms with van der Waals surface area (Å²) in [5.41, 5.74) is 0. The van der Waals surface area contributed by atoms with Crippen molar-refractivity contribution in [2.45, 2.75) is 0 Å². The van der Waals surface area contributed by atoms with Crippen molar-refractivity contribution < 1.29 is 4.52 Å². The van der Waals surface area contributed by atoms with Crippen LogP contribution in [0.1, 0.15) is 0 Å². The highest BCUT2D eigenvalue weighted by atomic mass is 79.9. The Balaban J connectivity index is 2.43. The monoisotopic (exact) mass is 264 g/mol. The van der Waals surface area contributed by atoms with Gasteiger partial charge in [-0.3, -0.25) is 0 Å². The van der Waals surface area contributed by atoms with Crippen molar-refractivity contribution in [3.8, 4) is 10.8 Å². The third-order valence-corrected chi connectivity index (χ3v) is 2.95. The number of thiophene rings is 1. The van der Waals surface area contributed by atoms with Crippen LogP contribution in [0, 0.1) is 0 Å². The molecule has 2 heterocycles. The number of aromatic nitrogens is 2. The third kappa shape index (κ3) is 1.53. The summed E-state index contributed by atoms with van der Waals surface area (Å²) in [5.74, 6) is 0.454. The molecule has 0 unspecified atom stereocenters. The van der Waals surface area contributed by atoms with Crippen LogP contribution in [0.2, 0.25) is 5.28 Å². The van der Waals surface area contributed by atoms with Crippen molar-refractivity contribution in [1.82, 2.24) is 10.1 Å². The van der Waals surface area contributed by atoms with E-state index in [1.54, 1.807) is 0 Å². The van der Waals surface area contributed by atoms with E-state index in [1.165, 1.54) is 11.3 Å². The third-order valence-electron chi connectivity index (χ3n) is 1.19. The average Bonchev–Trinajstić information content (AvgIpc) is 2.58.